The van der Waals surface area contributed by atoms with Crippen molar-refractivity contribution in [2.45, 2.75) is 11.8 Å². The molecular weight excluding hydrogens is 380 g/mol. The van der Waals surface area contributed by atoms with Gasteiger partial charge in [0.1, 0.15) is 0 Å². The molecule has 0 bridgehead atoms. The number of halogens is 2. The van der Waals surface area contributed by atoms with Gasteiger partial charge in [-0.05, 0) is 24.1 Å². The Hall–Kier alpha value is 0.619. The van der Waals surface area contributed by atoms with E-state index in [-0.39, 0.29) is 32.7 Å². The topological polar surface area (TPSA) is 115 Å². The molecule has 0 fully saturated rings. The summed E-state index contributed by atoms with van der Waals surface area (Å²) in [6, 6.07) is 4.09. The first kappa shape index (κ1) is 19.6. The molecule has 0 amide bonds. The Morgan fingerprint density at radius 1 is 1.00 bits per heavy atom. The van der Waals surface area contributed by atoms with E-state index in [2.05, 4.69) is 0 Å². The molecule has 0 saturated carbocycles. The summed E-state index contributed by atoms with van der Waals surface area (Å²) in [5.74, 6) is 0. The molecule has 1 aromatic carbocycles. The van der Waals surface area contributed by atoms with E-state index in [0.717, 1.165) is 0 Å². The first-order valence-electron chi connectivity index (χ1n) is 4.56. The predicted octanol–water partition coefficient (Wildman–Crippen LogP) is 2.21. The Balaban J connectivity index is 0.00000324. The average molecular weight is 390 g/mol. The van der Waals surface area contributed by atoms with E-state index in [0.29, 0.717) is 0 Å². The Morgan fingerprint density at radius 3 is 1.84 bits per heavy atom. The molecule has 1 rings (SSSR count). The van der Waals surface area contributed by atoms with Gasteiger partial charge in [-0.25, -0.2) is 0 Å². The van der Waals surface area contributed by atoms with Crippen LogP contribution in [-0.4, -0.2) is 25.0 Å². The normalized spacial score (nSPS) is 12.4. The van der Waals surface area contributed by atoms with Crippen molar-refractivity contribution in [2.75, 3.05) is 0 Å². The summed E-state index contributed by atoms with van der Waals surface area (Å²) >= 11 is 11.4. The number of benzene rings is 1. The fraction of sp³-hybridized carbons (Fsp3) is 0.250. The van der Waals surface area contributed by atoms with Crippen molar-refractivity contribution in [1.82, 2.24) is 0 Å². The summed E-state index contributed by atoms with van der Waals surface area (Å²) in [7, 11) is -9.86. The Labute approximate surface area is 129 Å². The van der Waals surface area contributed by atoms with Gasteiger partial charge in [-0.15, -0.1) is 0 Å². The summed E-state index contributed by atoms with van der Waals surface area (Å²) in [6.45, 7) is 0. The van der Waals surface area contributed by atoms with Crippen LogP contribution in [0.2, 0.25) is 10.0 Å². The monoisotopic (exact) mass is 389 g/mol. The largest absolute Gasteiger partial charge is 2.00 e. The maximum absolute atomic E-state index is 11.1. The average Bonchev–Trinajstić information content (AvgIpc) is 2.16. The second kappa shape index (κ2) is 7.06. The van der Waals surface area contributed by atoms with E-state index in [1.165, 1.54) is 18.2 Å². The van der Waals surface area contributed by atoms with Crippen LogP contribution in [0.5, 0.6) is 0 Å². The predicted molar refractivity (Wildman–Crippen MR) is 68.0 cm³/mol. The van der Waals surface area contributed by atoms with Gasteiger partial charge in [-0.3, -0.25) is 9.13 Å². The van der Waals surface area contributed by atoms with E-state index in [1.807, 2.05) is 0 Å². The van der Waals surface area contributed by atoms with Crippen molar-refractivity contribution in [3.8, 4) is 0 Å². The molecule has 0 spiro atoms. The van der Waals surface area contributed by atoms with E-state index < -0.39 is 27.0 Å². The van der Waals surface area contributed by atoms with Crippen LogP contribution < -0.4 is 0 Å². The second-order valence-corrected chi connectivity index (χ2v) is 8.44. The molecule has 0 heterocycles. The van der Waals surface area contributed by atoms with Gasteiger partial charge in [-0.2, -0.15) is 0 Å². The van der Waals surface area contributed by atoms with Crippen LogP contribution in [0.15, 0.2) is 18.2 Å². The summed E-state index contributed by atoms with van der Waals surface area (Å²) in [4.78, 5) is 35.8. The van der Waals surface area contributed by atoms with Crippen LogP contribution in [0.4, 0.5) is 0 Å². The molecule has 0 unspecified atom stereocenters. The van der Waals surface area contributed by atoms with Gasteiger partial charge in [0.15, 0.2) is 5.40 Å². The zero-order chi connectivity index (χ0) is 14.1. The zero-order valence-corrected chi connectivity index (χ0v) is 13.6. The van der Waals surface area contributed by atoms with Crippen LogP contribution in [0, 0.1) is 0 Å². The van der Waals surface area contributed by atoms with Gasteiger partial charge < -0.3 is 19.6 Å². The van der Waals surface area contributed by atoms with E-state index in [4.69, 9.17) is 42.8 Å². The van der Waals surface area contributed by atoms with Gasteiger partial charge in [0.05, 0.1) is 10.0 Å². The molecule has 0 aromatic heterocycles. The third-order valence-corrected chi connectivity index (χ3v) is 6.64. The minimum atomic E-state index is -4.93. The molecule has 0 aliphatic rings. The SMILES string of the molecule is O=P(O)(O)C(Cc1ccc(Cl)c(Cl)c1)P(=O)(O)O.[Mn+2]. The summed E-state index contributed by atoms with van der Waals surface area (Å²) < 4.78 is 22.2. The molecule has 19 heavy (non-hydrogen) atoms. The van der Waals surface area contributed by atoms with Crippen LogP contribution in [-0.2, 0) is 32.6 Å². The Kier molecular flexibility index (Phi) is 7.29. The maximum atomic E-state index is 11.1. The van der Waals surface area contributed by atoms with Crippen molar-refractivity contribution in [1.29, 1.82) is 0 Å². The van der Waals surface area contributed by atoms with Crippen molar-refractivity contribution in [3.63, 3.8) is 0 Å². The summed E-state index contributed by atoms with van der Waals surface area (Å²) in [5, 5.41) is -1.70. The Bertz CT molecular complexity index is 520. The molecule has 0 aliphatic carbocycles. The van der Waals surface area contributed by atoms with Crippen LogP contribution >= 0.6 is 38.4 Å². The standard InChI is InChI=1S/C8H10Cl2O6P2.Mn/c9-6-2-1-5(3-7(6)10)4-8(17(11,12)13)18(14,15)16;/h1-3,8H,4H2,(H2,11,12,13)(H2,14,15,16);/q;+2. The van der Waals surface area contributed by atoms with Crippen molar-refractivity contribution >= 4 is 38.4 Å². The van der Waals surface area contributed by atoms with E-state index in [9.17, 15) is 9.13 Å². The molecule has 0 saturated heterocycles. The maximum Gasteiger partial charge on any atom is 2.00 e. The number of hydrogen-bond acceptors (Lipinski definition) is 2. The zero-order valence-electron chi connectivity index (χ0n) is 9.15. The third kappa shape index (κ3) is 5.86. The molecule has 1 aromatic rings. The third-order valence-electron chi connectivity index (χ3n) is 2.18. The van der Waals surface area contributed by atoms with Crippen molar-refractivity contribution in [2.24, 2.45) is 0 Å². The van der Waals surface area contributed by atoms with Gasteiger partial charge in [0.25, 0.3) is 0 Å². The number of hydrogen-bond donors (Lipinski definition) is 4. The molecular formula is C8H10Cl2MnO6P2+2. The second-order valence-electron chi connectivity index (χ2n) is 3.61. The Morgan fingerprint density at radius 2 is 1.47 bits per heavy atom. The first-order valence-corrected chi connectivity index (χ1v) is 8.68. The van der Waals surface area contributed by atoms with Gasteiger partial charge in [0, 0.05) is 0 Å². The molecule has 4 N–H and O–H groups in total. The molecule has 0 atom stereocenters. The van der Waals surface area contributed by atoms with Crippen LogP contribution in [0.25, 0.3) is 0 Å². The fourth-order valence-corrected chi connectivity index (χ4v) is 4.10. The van der Waals surface area contributed by atoms with E-state index >= 15 is 0 Å². The smallest absolute Gasteiger partial charge is 0.324 e. The van der Waals surface area contributed by atoms with E-state index in [1.54, 1.807) is 0 Å². The molecule has 6 nitrogen and oxygen atoms in total. The van der Waals surface area contributed by atoms with Crippen LogP contribution in [0.1, 0.15) is 5.56 Å². The summed E-state index contributed by atoms with van der Waals surface area (Å²) in [5.41, 5.74) is 0.279. The minimum absolute atomic E-state index is 0. The molecule has 11 heteroatoms. The first-order chi connectivity index (χ1) is 8.01. The molecule has 0 aliphatic heterocycles. The minimum Gasteiger partial charge on any atom is -0.324 e. The van der Waals surface area contributed by atoms with Gasteiger partial charge in [-0.1, -0.05) is 29.3 Å². The molecule has 1 radical (unpaired) electrons. The van der Waals surface area contributed by atoms with Gasteiger partial charge >= 0.3 is 32.3 Å². The number of rotatable bonds is 4. The van der Waals surface area contributed by atoms with Gasteiger partial charge in [0.2, 0.25) is 0 Å². The van der Waals surface area contributed by atoms with Crippen molar-refractivity contribution < 1.29 is 45.8 Å². The van der Waals surface area contributed by atoms with Crippen LogP contribution in [0.3, 0.4) is 0 Å². The van der Waals surface area contributed by atoms with Crippen molar-refractivity contribution in [3.05, 3.63) is 33.8 Å². The quantitative estimate of drug-likeness (QED) is 0.463. The summed E-state index contributed by atoms with van der Waals surface area (Å²) in [6.07, 6.45) is -0.495. The fourth-order valence-electron chi connectivity index (χ4n) is 1.31. The molecule has 107 valence electrons.